The molecule has 1 saturated heterocycles. The monoisotopic (exact) mass is 280 g/mol. The van der Waals surface area contributed by atoms with E-state index in [1.807, 2.05) is 10.9 Å². The maximum atomic E-state index is 6.03. The molecule has 1 N–H and O–H groups in total. The Morgan fingerprint density at radius 3 is 2.90 bits per heavy atom. The summed E-state index contributed by atoms with van der Waals surface area (Å²) in [6.07, 6.45) is 5.46. The average Bonchev–Trinajstić information content (AvgIpc) is 2.97. The second-order valence-corrected chi connectivity index (χ2v) is 5.36. The average molecular weight is 280 g/mol. The standard InChI is InChI=1S/C15H28N4O/c1-4-7-16-15(13-10-17-19(6-3)11-13)14-12-18(5-2)8-9-20-14/h10-11,14-16H,4-9,12H2,1-3H3. The number of hydrogen-bond acceptors (Lipinski definition) is 4. The second-order valence-electron chi connectivity index (χ2n) is 5.36. The van der Waals surface area contributed by atoms with Crippen LogP contribution in [0, 0.1) is 0 Å². The van der Waals surface area contributed by atoms with Crippen LogP contribution in [0.2, 0.25) is 0 Å². The first-order chi connectivity index (χ1) is 9.78. The van der Waals surface area contributed by atoms with E-state index in [1.54, 1.807) is 0 Å². The van der Waals surface area contributed by atoms with Crippen molar-refractivity contribution < 1.29 is 4.74 Å². The van der Waals surface area contributed by atoms with Crippen LogP contribution in [0.3, 0.4) is 0 Å². The van der Waals surface area contributed by atoms with E-state index in [0.29, 0.717) is 0 Å². The predicted molar refractivity (Wildman–Crippen MR) is 80.8 cm³/mol. The molecule has 5 nitrogen and oxygen atoms in total. The van der Waals surface area contributed by atoms with E-state index >= 15 is 0 Å². The number of aromatic nitrogens is 2. The molecule has 0 radical (unpaired) electrons. The van der Waals surface area contributed by atoms with Gasteiger partial charge in [-0.2, -0.15) is 5.10 Å². The molecule has 1 aromatic rings. The van der Waals surface area contributed by atoms with Crippen molar-refractivity contribution in [3.8, 4) is 0 Å². The molecule has 2 atom stereocenters. The number of morpholine rings is 1. The van der Waals surface area contributed by atoms with Gasteiger partial charge in [0.05, 0.1) is 24.9 Å². The minimum absolute atomic E-state index is 0.213. The number of nitrogens with zero attached hydrogens (tertiary/aromatic N) is 3. The quantitative estimate of drug-likeness (QED) is 0.825. The van der Waals surface area contributed by atoms with Gasteiger partial charge in [0.25, 0.3) is 0 Å². The molecule has 2 unspecified atom stereocenters. The molecular weight excluding hydrogens is 252 g/mol. The van der Waals surface area contributed by atoms with Gasteiger partial charge in [0, 0.05) is 31.4 Å². The number of nitrogens with one attached hydrogen (secondary N) is 1. The highest BCUT2D eigenvalue weighted by Gasteiger charge is 2.29. The summed E-state index contributed by atoms with van der Waals surface area (Å²) in [5.74, 6) is 0. The number of likely N-dealkylation sites (N-methyl/N-ethyl adjacent to an activating group) is 1. The van der Waals surface area contributed by atoms with Gasteiger partial charge in [-0.15, -0.1) is 0 Å². The maximum absolute atomic E-state index is 6.03. The topological polar surface area (TPSA) is 42.3 Å². The zero-order valence-electron chi connectivity index (χ0n) is 13.0. The van der Waals surface area contributed by atoms with Gasteiger partial charge in [0.15, 0.2) is 0 Å². The minimum atomic E-state index is 0.213. The van der Waals surface area contributed by atoms with E-state index in [4.69, 9.17) is 4.74 Å². The highest BCUT2D eigenvalue weighted by molar-refractivity contribution is 5.13. The Morgan fingerprint density at radius 2 is 2.25 bits per heavy atom. The minimum Gasteiger partial charge on any atom is -0.374 e. The predicted octanol–water partition coefficient (Wildman–Crippen LogP) is 1.66. The molecule has 0 spiro atoms. The van der Waals surface area contributed by atoms with E-state index in [0.717, 1.165) is 45.8 Å². The first-order valence-corrected chi connectivity index (χ1v) is 7.88. The Labute approximate surface area is 122 Å². The van der Waals surface area contributed by atoms with Crippen molar-refractivity contribution in [1.29, 1.82) is 0 Å². The molecule has 0 bridgehead atoms. The Balaban J connectivity index is 2.09. The van der Waals surface area contributed by atoms with Gasteiger partial charge >= 0.3 is 0 Å². The number of aryl methyl sites for hydroxylation is 1. The lowest BCUT2D eigenvalue weighted by atomic mass is 10.0. The molecule has 0 aliphatic carbocycles. The van der Waals surface area contributed by atoms with Crippen molar-refractivity contribution in [3.63, 3.8) is 0 Å². The Bertz CT molecular complexity index is 393. The van der Waals surface area contributed by atoms with E-state index in [-0.39, 0.29) is 12.1 Å². The van der Waals surface area contributed by atoms with Crippen LogP contribution in [0.5, 0.6) is 0 Å². The summed E-state index contributed by atoms with van der Waals surface area (Å²) in [6.45, 7) is 12.4. The summed E-state index contributed by atoms with van der Waals surface area (Å²) >= 11 is 0. The van der Waals surface area contributed by atoms with Crippen LogP contribution in [0.4, 0.5) is 0 Å². The van der Waals surface area contributed by atoms with E-state index in [2.05, 4.69) is 42.3 Å². The lowest BCUT2D eigenvalue weighted by Crippen LogP contribution is -2.48. The van der Waals surface area contributed by atoms with Crippen molar-refractivity contribution in [1.82, 2.24) is 20.0 Å². The van der Waals surface area contributed by atoms with E-state index < -0.39 is 0 Å². The lowest BCUT2D eigenvalue weighted by molar-refractivity contribution is -0.0455. The Hall–Kier alpha value is -0.910. The molecular formula is C15H28N4O. The molecule has 0 saturated carbocycles. The Kier molecular flexibility index (Phi) is 6.01. The van der Waals surface area contributed by atoms with Gasteiger partial charge < -0.3 is 10.1 Å². The van der Waals surface area contributed by atoms with Crippen molar-refractivity contribution in [3.05, 3.63) is 18.0 Å². The zero-order valence-corrected chi connectivity index (χ0v) is 13.0. The van der Waals surface area contributed by atoms with Gasteiger partial charge in [-0.1, -0.05) is 13.8 Å². The maximum Gasteiger partial charge on any atom is 0.0898 e. The van der Waals surface area contributed by atoms with Gasteiger partial charge in [-0.05, 0) is 26.4 Å². The molecule has 0 aromatic carbocycles. The summed E-state index contributed by atoms with van der Waals surface area (Å²) in [7, 11) is 0. The van der Waals surface area contributed by atoms with Crippen molar-refractivity contribution >= 4 is 0 Å². The summed E-state index contributed by atoms with van der Waals surface area (Å²) in [6, 6.07) is 0.240. The fourth-order valence-corrected chi connectivity index (χ4v) is 2.70. The van der Waals surface area contributed by atoms with Crippen LogP contribution < -0.4 is 5.32 Å². The Morgan fingerprint density at radius 1 is 1.40 bits per heavy atom. The fraction of sp³-hybridized carbons (Fsp3) is 0.800. The highest BCUT2D eigenvalue weighted by Crippen LogP contribution is 2.22. The van der Waals surface area contributed by atoms with Crippen molar-refractivity contribution in [2.24, 2.45) is 0 Å². The third kappa shape index (κ3) is 3.81. The van der Waals surface area contributed by atoms with E-state index in [9.17, 15) is 0 Å². The normalized spacial score (nSPS) is 22.1. The van der Waals surface area contributed by atoms with Crippen molar-refractivity contribution in [2.75, 3.05) is 32.8 Å². The van der Waals surface area contributed by atoms with Gasteiger partial charge in [0.2, 0.25) is 0 Å². The summed E-state index contributed by atoms with van der Waals surface area (Å²) in [5.41, 5.74) is 1.24. The van der Waals surface area contributed by atoms with Crippen LogP contribution >= 0.6 is 0 Å². The fourth-order valence-electron chi connectivity index (χ4n) is 2.70. The summed E-state index contributed by atoms with van der Waals surface area (Å²) < 4.78 is 8.01. The highest BCUT2D eigenvalue weighted by atomic mass is 16.5. The van der Waals surface area contributed by atoms with Crippen LogP contribution in [0.1, 0.15) is 38.8 Å². The first-order valence-electron chi connectivity index (χ1n) is 7.88. The SMILES string of the molecule is CCCNC(c1cnn(CC)c1)C1CN(CC)CCO1. The molecule has 1 aromatic heterocycles. The smallest absolute Gasteiger partial charge is 0.0898 e. The molecule has 1 fully saturated rings. The molecule has 20 heavy (non-hydrogen) atoms. The summed E-state index contributed by atoms with van der Waals surface area (Å²) in [4.78, 5) is 2.46. The molecule has 2 heterocycles. The van der Waals surface area contributed by atoms with Crippen LogP contribution in [0.25, 0.3) is 0 Å². The van der Waals surface area contributed by atoms with E-state index in [1.165, 1.54) is 5.56 Å². The number of ether oxygens (including phenoxy) is 1. The zero-order chi connectivity index (χ0) is 14.4. The number of hydrogen-bond donors (Lipinski definition) is 1. The lowest BCUT2D eigenvalue weighted by Gasteiger charge is -2.36. The molecule has 114 valence electrons. The molecule has 5 heteroatoms. The molecule has 1 aliphatic rings. The van der Waals surface area contributed by atoms with Gasteiger partial charge in [-0.3, -0.25) is 9.58 Å². The molecule has 2 rings (SSSR count). The summed E-state index contributed by atoms with van der Waals surface area (Å²) in [5, 5.41) is 8.04. The first kappa shape index (κ1) is 15.5. The van der Waals surface area contributed by atoms with Crippen LogP contribution in [-0.2, 0) is 11.3 Å². The van der Waals surface area contributed by atoms with Crippen LogP contribution in [0.15, 0.2) is 12.4 Å². The second kappa shape index (κ2) is 7.76. The molecule has 1 aliphatic heterocycles. The largest absolute Gasteiger partial charge is 0.374 e. The third-order valence-electron chi connectivity index (χ3n) is 3.95. The number of rotatable bonds is 7. The van der Waals surface area contributed by atoms with Crippen molar-refractivity contribution in [2.45, 2.75) is 45.9 Å². The van der Waals surface area contributed by atoms with Crippen LogP contribution in [-0.4, -0.2) is 53.6 Å². The van der Waals surface area contributed by atoms with Gasteiger partial charge in [-0.25, -0.2) is 0 Å². The third-order valence-corrected chi connectivity index (χ3v) is 3.95. The molecule has 0 amide bonds. The van der Waals surface area contributed by atoms with Gasteiger partial charge in [0.1, 0.15) is 0 Å².